The van der Waals surface area contributed by atoms with E-state index in [0.717, 1.165) is 11.3 Å². The van der Waals surface area contributed by atoms with Crippen molar-refractivity contribution in [3.63, 3.8) is 0 Å². The summed E-state index contributed by atoms with van der Waals surface area (Å²) in [6, 6.07) is 7.61. The molecule has 0 amide bonds. The first-order valence-electron chi connectivity index (χ1n) is 6.17. The highest BCUT2D eigenvalue weighted by Gasteiger charge is 2.10. The number of halogens is 1. The summed E-state index contributed by atoms with van der Waals surface area (Å²) < 4.78 is 6.88. The number of hydrogen-bond acceptors (Lipinski definition) is 5. The van der Waals surface area contributed by atoms with Crippen LogP contribution in [0.15, 0.2) is 41.7 Å². The van der Waals surface area contributed by atoms with E-state index >= 15 is 0 Å². The van der Waals surface area contributed by atoms with Gasteiger partial charge < -0.3 is 9.30 Å². The highest BCUT2D eigenvalue weighted by Crippen LogP contribution is 2.16. The molecule has 0 saturated heterocycles. The maximum atomic E-state index is 11.8. The Bertz CT molecular complexity index is 846. The highest BCUT2D eigenvalue weighted by atomic mass is 35.5. The smallest absolute Gasteiger partial charge is 0.285 e. The molecule has 106 valence electrons. The van der Waals surface area contributed by atoms with Gasteiger partial charge in [-0.3, -0.25) is 4.79 Å². The second-order valence-electron chi connectivity index (χ2n) is 4.39. The molecule has 0 atom stereocenters. The van der Waals surface area contributed by atoms with E-state index in [4.69, 9.17) is 16.3 Å². The summed E-state index contributed by atoms with van der Waals surface area (Å²) in [5.74, 6) is 0.784. The molecule has 0 aliphatic carbocycles. The minimum absolute atomic E-state index is 0.113. The summed E-state index contributed by atoms with van der Waals surface area (Å²) in [7, 11) is 1.62. The number of rotatable bonds is 3. The lowest BCUT2D eigenvalue weighted by atomic mass is 10.2. The molecule has 0 fully saturated rings. The molecule has 2 aromatic heterocycles. The first-order chi connectivity index (χ1) is 10.2. The van der Waals surface area contributed by atoms with Crippen molar-refractivity contribution in [2.24, 2.45) is 0 Å². The van der Waals surface area contributed by atoms with Crippen molar-refractivity contribution in [2.45, 2.75) is 6.54 Å². The first-order valence-corrected chi connectivity index (χ1v) is 6.55. The summed E-state index contributed by atoms with van der Waals surface area (Å²) in [4.78, 5) is 23.6. The van der Waals surface area contributed by atoms with Gasteiger partial charge in [0.2, 0.25) is 0 Å². The molecule has 1 aromatic carbocycles. The molecule has 0 saturated carbocycles. The predicted octanol–water partition coefficient (Wildman–Crippen LogP) is 1.90. The second kappa shape index (κ2) is 5.49. The monoisotopic (exact) mass is 302 g/mol. The molecule has 3 aromatic rings. The number of ether oxygens (including phenoxy) is 1. The Kier molecular flexibility index (Phi) is 3.53. The molecule has 0 N–H and O–H groups in total. The first kappa shape index (κ1) is 13.5. The normalized spacial score (nSPS) is 10.8. The molecule has 0 bridgehead atoms. The Labute approximate surface area is 125 Å². The van der Waals surface area contributed by atoms with E-state index < -0.39 is 5.56 Å². The number of methoxy groups -OCH3 is 1. The van der Waals surface area contributed by atoms with Gasteiger partial charge in [-0.25, -0.2) is 9.97 Å². The highest BCUT2D eigenvalue weighted by molar-refractivity contribution is 6.33. The SMILES string of the molecule is COc1ccc(Cn2cnc(=O)c3c(Cl)ncnc32)cc1. The van der Waals surface area contributed by atoms with Gasteiger partial charge >= 0.3 is 0 Å². The molecule has 2 heterocycles. The van der Waals surface area contributed by atoms with E-state index in [1.54, 1.807) is 11.7 Å². The molecule has 7 heteroatoms. The Morgan fingerprint density at radius 2 is 1.95 bits per heavy atom. The van der Waals surface area contributed by atoms with Gasteiger partial charge in [-0.15, -0.1) is 0 Å². The van der Waals surface area contributed by atoms with Crippen LogP contribution < -0.4 is 10.3 Å². The largest absolute Gasteiger partial charge is 0.497 e. The number of fused-ring (bicyclic) bond motifs is 1. The summed E-state index contributed by atoms with van der Waals surface area (Å²) >= 11 is 5.96. The Hall–Kier alpha value is -2.47. The quantitative estimate of drug-likeness (QED) is 0.691. The van der Waals surface area contributed by atoms with E-state index in [1.165, 1.54) is 12.7 Å². The molecule has 3 rings (SSSR count). The molecular formula is C14H11ClN4O2. The van der Waals surface area contributed by atoms with Crippen molar-refractivity contribution in [2.75, 3.05) is 7.11 Å². The standard InChI is InChI=1S/C14H11ClN4O2/c1-21-10-4-2-9(3-5-10)6-19-8-18-14(20)11-12(15)16-7-17-13(11)19/h2-5,7-8H,6H2,1H3. The second-order valence-corrected chi connectivity index (χ2v) is 4.75. The van der Waals surface area contributed by atoms with Gasteiger partial charge in [0.1, 0.15) is 28.9 Å². The summed E-state index contributed by atoms with van der Waals surface area (Å²) in [6.07, 6.45) is 2.78. The van der Waals surface area contributed by atoms with Crippen LogP contribution in [0.5, 0.6) is 5.75 Å². The summed E-state index contributed by atoms with van der Waals surface area (Å²) in [5, 5.41) is 0.344. The zero-order valence-corrected chi connectivity index (χ0v) is 11.9. The number of hydrogen-bond donors (Lipinski definition) is 0. The Morgan fingerprint density at radius 3 is 2.67 bits per heavy atom. The van der Waals surface area contributed by atoms with Gasteiger partial charge in [-0.1, -0.05) is 23.7 Å². The van der Waals surface area contributed by atoms with E-state index in [0.29, 0.717) is 12.2 Å². The average molecular weight is 303 g/mol. The third-order valence-corrected chi connectivity index (χ3v) is 3.38. The molecule has 6 nitrogen and oxygen atoms in total. The van der Waals surface area contributed by atoms with Crippen LogP contribution in [0.4, 0.5) is 0 Å². The van der Waals surface area contributed by atoms with Crippen LogP contribution in [-0.2, 0) is 6.54 Å². The molecule has 0 aliphatic heterocycles. The van der Waals surface area contributed by atoms with Crippen LogP contribution in [0, 0.1) is 0 Å². The van der Waals surface area contributed by atoms with Crippen molar-refractivity contribution in [3.05, 3.63) is 58.0 Å². The Morgan fingerprint density at radius 1 is 1.19 bits per heavy atom. The molecule has 0 radical (unpaired) electrons. The van der Waals surface area contributed by atoms with Crippen molar-refractivity contribution in [1.82, 2.24) is 19.5 Å². The minimum Gasteiger partial charge on any atom is -0.497 e. The lowest BCUT2D eigenvalue weighted by Crippen LogP contribution is -2.15. The van der Waals surface area contributed by atoms with Gasteiger partial charge in [0, 0.05) is 0 Å². The molecule has 21 heavy (non-hydrogen) atoms. The van der Waals surface area contributed by atoms with Crippen LogP contribution in [0.3, 0.4) is 0 Å². The third kappa shape index (κ3) is 2.57. The van der Waals surface area contributed by atoms with E-state index in [2.05, 4.69) is 15.0 Å². The zero-order valence-electron chi connectivity index (χ0n) is 11.2. The Balaban J connectivity index is 2.06. The van der Waals surface area contributed by atoms with Gasteiger partial charge in [0.05, 0.1) is 13.7 Å². The zero-order chi connectivity index (χ0) is 14.8. The topological polar surface area (TPSA) is 69.9 Å². The number of nitrogens with zero attached hydrogens (tertiary/aromatic N) is 4. The number of benzene rings is 1. The lowest BCUT2D eigenvalue weighted by Gasteiger charge is -2.09. The van der Waals surface area contributed by atoms with E-state index in [9.17, 15) is 4.79 Å². The molecule has 0 aliphatic rings. The minimum atomic E-state index is -0.429. The lowest BCUT2D eigenvalue weighted by molar-refractivity contribution is 0.414. The molecular weight excluding hydrogens is 292 g/mol. The van der Waals surface area contributed by atoms with Crippen molar-refractivity contribution >= 4 is 22.6 Å². The van der Waals surface area contributed by atoms with Gasteiger partial charge in [0.25, 0.3) is 5.56 Å². The molecule has 0 unspecified atom stereocenters. The summed E-state index contributed by atoms with van der Waals surface area (Å²) in [6.45, 7) is 0.515. The third-order valence-electron chi connectivity index (χ3n) is 3.09. The van der Waals surface area contributed by atoms with E-state index in [1.807, 2.05) is 24.3 Å². The van der Waals surface area contributed by atoms with E-state index in [-0.39, 0.29) is 10.5 Å². The van der Waals surface area contributed by atoms with Gasteiger partial charge in [0.15, 0.2) is 5.65 Å². The van der Waals surface area contributed by atoms with Crippen molar-refractivity contribution in [3.8, 4) is 5.75 Å². The van der Waals surface area contributed by atoms with Gasteiger partial charge in [-0.2, -0.15) is 4.98 Å². The fraction of sp³-hybridized carbons (Fsp3) is 0.143. The fourth-order valence-electron chi connectivity index (χ4n) is 2.04. The molecule has 0 spiro atoms. The van der Waals surface area contributed by atoms with Crippen LogP contribution in [0.25, 0.3) is 11.0 Å². The average Bonchev–Trinajstić information content (AvgIpc) is 2.51. The van der Waals surface area contributed by atoms with Gasteiger partial charge in [-0.05, 0) is 17.7 Å². The van der Waals surface area contributed by atoms with Crippen molar-refractivity contribution in [1.29, 1.82) is 0 Å². The maximum Gasteiger partial charge on any atom is 0.285 e. The van der Waals surface area contributed by atoms with Crippen LogP contribution in [0.1, 0.15) is 5.56 Å². The van der Waals surface area contributed by atoms with Crippen LogP contribution >= 0.6 is 11.6 Å². The van der Waals surface area contributed by atoms with Crippen molar-refractivity contribution < 1.29 is 4.74 Å². The number of aromatic nitrogens is 4. The summed E-state index contributed by atoms with van der Waals surface area (Å²) in [5.41, 5.74) is 1.06. The maximum absolute atomic E-state index is 11.8. The van der Waals surface area contributed by atoms with Crippen LogP contribution in [0.2, 0.25) is 5.15 Å². The fourth-order valence-corrected chi connectivity index (χ4v) is 2.25. The van der Waals surface area contributed by atoms with Crippen LogP contribution in [-0.4, -0.2) is 26.6 Å². The predicted molar refractivity (Wildman–Crippen MR) is 78.7 cm³/mol.